The number of esters is 1. The van der Waals surface area contributed by atoms with Gasteiger partial charge in [-0.25, -0.2) is 18.2 Å². The summed E-state index contributed by atoms with van der Waals surface area (Å²) in [6, 6.07) is 2.78. The standard InChI is InChI=1S/C11H15N3O5S/c1-18-11(15)9-7-14(4-5-19-9)20(16,17)8-2-3-10(12)13-6-8/h2-3,6,9H,4-5,7H2,1H3,(H2,12,13). The van der Waals surface area contributed by atoms with Gasteiger partial charge >= 0.3 is 5.97 Å². The largest absolute Gasteiger partial charge is 0.467 e. The van der Waals surface area contributed by atoms with Crippen molar-refractivity contribution in [2.75, 3.05) is 32.5 Å². The second-order valence-corrected chi connectivity index (χ2v) is 6.10. The van der Waals surface area contributed by atoms with Crippen LogP contribution in [0.3, 0.4) is 0 Å². The fourth-order valence-electron chi connectivity index (χ4n) is 1.81. The maximum Gasteiger partial charge on any atom is 0.336 e. The molecule has 2 rings (SSSR count). The lowest BCUT2D eigenvalue weighted by atomic mass is 10.3. The van der Waals surface area contributed by atoms with E-state index in [9.17, 15) is 13.2 Å². The summed E-state index contributed by atoms with van der Waals surface area (Å²) < 4.78 is 35.7. The van der Waals surface area contributed by atoms with E-state index in [1.54, 1.807) is 0 Å². The molecule has 1 unspecified atom stereocenters. The Kier molecular flexibility index (Phi) is 4.21. The van der Waals surface area contributed by atoms with Crippen LogP contribution in [0.5, 0.6) is 0 Å². The Morgan fingerprint density at radius 3 is 2.90 bits per heavy atom. The molecular weight excluding hydrogens is 286 g/mol. The van der Waals surface area contributed by atoms with Crippen LogP contribution in [0, 0.1) is 0 Å². The molecule has 1 aliphatic rings. The van der Waals surface area contributed by atoms with Crippen LogP contribution in [-0.4, -0.2) is 56.6 Å². The van der Waals surface area contributed by atoms with E-state index in [1.807, 2.05) is 0 Å². The minimum atomic E-state index is -3.73. The van der Waals surface area contributed by atoms with Crippen molar-refractivity contribution < 1.29 is 22.7 Å². The number of nitrogen functional groups attached to an aromatic ring is 1. The van der Waals surface area contributed by atoms with E-state index in [0.29, 0.717) is 0 Å². The van der Waals surface area contributed by atoms with Crippen LogP contribution in [0.2, 0.25) is 0 Å². The van der Waals surface area contributed by atoms with Crippen molar-refractivity contribution in [2.24, 2.45) is 0 Å². The Morgan fingerprint density at radius 1 is 1.55 bits per heavy atom. The Balaban J connectivity index is 2.21. The number of aromatic nitrogens is 1. The summed E-state index contributed by atoms with van der Waals surface area (Å²) in [5.41, 5.74) is 5.43. The minimum Gasteiger partial charge on any atom is -0.467 e. The van der Waals surface area contributed by atoms with Gasteiger partial charge in [-0.3, -0.25) is 0 Å². The molecule has 1 aromatic heterocycles. The van der Waals surface area contributed by atoms with Gasteiger partial charge in [0, 0.05) is 12.7 Å². The van der Waals surface area contributed by atoms with Crippen molar-refractivity contribution >= 4 is 21.8 Å². The number of sulfonamides is 1. The van der Waals surface area contributed by atoms with Crippen LogP contribution in [0.1, 0.15) is 0 Å². The molecule has 1 atom stereocenters. The molecule has 0 spiro atoms. The summed E-state index contributed by atoms with van der Waals surface area (Å²) in [5.74, 6) is -0.362. The lowest BCUT2D eigenvalue weighted by Crippen LogP contribution is -2.48. The van der Waals surface area contributed by atoms with Crippen LogP contribution < -0.4 is 5.73 Å². The molecule has 0 aliphatic carbocycles. The number of nitrogens with two attached hydrogens (primary N) is 1. The Hall–Kier alpha value is -1.71. The van der Waals surface area contributed by atoms with Crippen LogP contribution in [-0.2, 0) is 24.3 Å². The Bertz CT molecular complexity index is 587. The maximum absolute atomic E-state index is 12.4. The third-order valence-corrected chi connectivity index (χ3v) is 4.74. The summed E-state index contributed by atoms with van der Waals surface area (Å²) in [4.78, 5) is 15.2. The van der Waals surface area contributed by atoms with Gasteiger partial charge in [0.2, 0.25) is 10.0 Å². The van der Waals surface area contributed by atoms with Crippen LogP contribution >= 0.6 is 0 Å². The highest BCUT2D eigenvalue weighted by molar-refractivity contribution is 7.89. The molecule has 1 aromatic rings. The normalized spacial score (nSPS) is 20.6. The molecule has 8 nitrogen and oxygen atoms in total. The first-order chi connectivity index (χ1) is 9.45. The summed E-state index contributed by atoms with van der Waals surface area (Å²) in [6.45, 7) is 0.209. The number of anilines is 1. The lowest BCUT2D eigenvalue weighted by molar-refractivity contribution is -0.157. The van der Waals surface area contributed by atoms with Crippen molar-refractivity contribution in [1.82, 2.24) is 9.29 Å². The molecule has 0 amide bonds. The second-order valence-electron chi connectivity index (χ2n) is 4.16. The average Bonchev–Trinajstić information content (AvgIpc) is 2.47. The van der Waals surface area contributed by atoms with Gasteiger partial charge in [0.25, 0.3) is 0 Å². The molecule has 110 valence electrons. The first-order valence-corrected chi connectivity index (χ1v) is 7.30. The SMILES string of the molecule is COC(=O)C1CN(S(=O)(=O)c2ccc(N)nc2)CCO1. The van der Waals surface area contributed by atoms with Gasteiger partial charge in [0.15, 0.2) is 6.10 Å². The molecule has 1 aliphatic heterocycles. The molecule has 0 saturated carbocycles. The predicted octanol–water partition coefficient (Wildman–Crippen LogP) is -0.774. The number of rotatable bonds is 3. The van der Waals surface area contributed by atoms with E-state index < -0.39 is 22.1 Å². The van der Waals surface area contributed by atoms with Crippen molar-refractivity contribution in [3.05, 3.63) is 18.3 Å². The van der Waals surface area contributed by atoms with Crippen LogP contribution in [0.15, 0.2) is 23.2 Å². The molecule has 0 aromatic carbocycles. The molecule has 2 heterocycles. The third kappa shape index (κ3) is 2.89. The first-order valence-electron chi connectivity index (χ1n) is 5.86. The van der Waals surface area contributed by atoms with E-state index in [1.165, 1.54) is 29.7 Å². The molecule has 0 radical (unpaired) electrons. The van der Waals surface area contributed by atoms with Gasteiger partial charge in [-0.2, -0.15) is 4.31 Å². The highest BCUT2D eigenvalue weighted by Crippen LogP contribution is 2.19. The smallest absolute Gasteiger partial charge is 0.336 e. The van der Waals surface area contributed by atoms with Crippen LogP contribution in [0.25, 0.3) is 0 Å². The highest BCUT2D eigenvalue weighted by atomic mass is 32.2. The zero-order valence-electron chi connectivity index (χ0n) is 10.9. The van der Waals surface area contributed by atoms with E-state index in [2.05, 4.69) is 9.72 Å². The van der Waals surface area contributed by atoms with Crippen molar-refractivity contribution in [3.63, 3.8) is 0 Å². The lowest BCUT2D eigenvalue weighted by Gasteiger charge is -2.30. The summed E-state index contributed by atoms with van der Waals surface area (Å²) >= 11 is 0. The second kappa shape index (κ2) is 5.73. The van der Waals surface area contributed by atoms with Gasteiger partial charge in [0.05, 0.1) is 20.3 Å². The average molecular weight is 301 g/mol. The number of hydrogen-bond acceptors (Lipinski definition) is 7. The van der Waals surface area contributed by atoms with E-state index in [4.69, 9.17) is 10.5 Å². The zero-order valence-corrected chi connectivity index (χ0v) is 11.7. The maximum atomic E-state index is 12.4. The van der Waals surface area contributed by atoms with Gasteiger partial charge in [-0.1, -0.05) is 0 Å². The van der Waals surface area contributed by atoms with Gasteiger partial charge < -0.3 is 15.2 Å². The Morgan fingerprint density at radius 2 is 2.30 bits per heavy atom. The van der Waals surface area contributed by atoms with Crippen LogP contribution in [0.4, 0.5) is 5.82 Å². The summed E-state index contributed by atoms with van der Waals surface area (Å²) in [7, 11) is -2.50. The van der Waals surface area contributed by atoms with E-state index >= 15 is 0 Å². The Labute approximate surface area is 116 Å². The number of hydrogen-bond donors (Lipinski definition) is 1. The monoisotopic (exact) mass is 301 g/mol. The predicted molar refractivity (Wildman–Crippen MR) is 69.2 cm³/mol. The molecular formula is C11H15N3O5S. The number of carbonyl (C=O) groups excluding carboxylic acids is 1. The number of nitrogens with zero attached hydrogens (tertiary/aromatic N) is 2. The number of carbonyl (C=O) groups is 1. The number of ether oxygens (including phenoxy) is 2. The van der Waals surface area contributed by atoms with E-state index in [-0.39, 0.29) is 30.4 Å². The van der Waals surface area contributed by atoms with Crippen molar-refractivity contribution in [1.29, 1.82) is 0 Å². The van der Waals surface area contributed by atoms with Gasteiger partial charge in [0.1, 0.15) is 10.7 Å². The quantitative estimate of drug-likeness (QED) is 0.729. The topological polar surface area (TPSA) is 112 Å². The highest BCUT2D eigenvalue weighted by Gasteiger charge is 2.34. The molecule has 1 fully saturated rings. The van der Waals surface area contributed by atoms with Gasteiger partial charge in [-0.15, -0.1) is 0 Å². The number of morpholine rings is 1. The fraction of sp³-hybridized carbons (Fsp3) is 0.455. The number of methoxy groups -OCH3 is 1. The zero-order chi connectivity index (χ0) is 14.8. The molecule has 20 heavy (non-hydrogen) atoms. The third-order valence-electron chi connectivity index (χ3n) is 2.89. The first kappa shape index (κ1) is 14.7. The van der Waals surface area contributed by atoms with Crippen molar-refractivity contribution in [3.8, 4) is 0 Å². The summed E-state index contributed by atoms with van der Waals surface area (Å²) in [5, 5.41) is 0. The minimum absolute atomic E-state index is 0.0252. The molecule has 2 N–H and O–H groups in total. The summed E-state index contributed by atoms with van der Waals surface area (Å²) in [6.07, 6.45) is 0.276. The van der Waals surface area contributed by atoms with E-state index in [0.717, 1.165) is 0 Å². The fourth-order valence-corrected chi connectivity index (χ4v) is 3.18. The van der Waals surface area contributed by atoms with Crippen molar-refractivity contribution in [2.45, 2.75) is 11.0 Å². The van der Waals surface area contributed by atoms with Gasteiger partial charge in [-0.05, 0) is 12.1 Å². The number of pyridine rings is 1. The molecule has 9 heteroatoms. The molecule has 1 saturated heterocycles. The molecule has 0 bridgehead atoms.